The second kappa shape index (κ2) is 7.01. The molecule has 0 aliphatic carbocycles. The average molecular weight is 443 g/mol. The molecule has 9 heteroatoms. The van der Waals surface area contributed by atoms with Crippen LogP contribution in [0.15, 0.2) is 53.0 Å². The van der Waals surface area contributed by atoms with Gasteiger partial charge in [-0.25, -0.2) is 0 Å². The van der Waals surface area contributed by atoms with Crippen LogP contribution in [0.4, 0.5) is 5.13 Å². The van der Waals surface area contributed by atoms with E-state index in [0.717, 1.165) is 20.7 Å². The van der Waals surface area contributed by atoms with Gasteiger partial charge in [-0.3, -0.25) is 24.6 Å². The molecule has 4 rings (SSSR count). The monoisotopic (exact) mass is 442 g/mol. The Labute approximate surface area is 166 Å². The van der Waals surface area contributed by atoms with Crippen LogP contribution >= 0.6 is 27.3 Å². The topological polar surface area (TPSA) is 92.3 Å². The van der Waals surface area contributed by atoms with Crippen LogP contribution in [0.2, 0.25) is 0 Å². The number of nitrogens with one attached hydrogen (secondary N) is 1. The van der Waals surface area contributed by atoms with Crippen LogP contribution in [0.3, 0.4) is 0 Å². The van der Waals surface area contributed by atoms with Gasteiger partial charge in [0.2, 0.25) is 5.13 Å². The minimum atomic E-state index is -0.356. The van der Waals surface area contributed by atoms with Crippen molar-refractivity contribution in [2.75, 3.05) is 5.32 Å². The third-order valence-electron chi connectivity index (χ3n) is 3.95. The molecule has 0 spiro atoms. The van der Waals surface area contributed by atoms with Gasteiger partial charge in [-0.15, -0.1) is 10.2 Å². The molecule has 3 aromatic rings. The first-order chi connectivity index (χ1) is 13.0. The molecule has 7 nitrogen and oxygen atoms in total. The highest BCUT2D eigenvalue weighted by Crippen LogP contribution is 2.26. The standard InChI is InChI=1S/C18H11BrN4O3S/c19-11-5-3-4-10(8-11)15(24)20-18-22-21-14(27-18)9-23-16(25)12-6-1-2-7-13(12)17(23)26/h1-8H,9H2,(H,20,22,24). The highest BCUT2D eigenvalue weighted by molar-refractivity contribution is 9.10. The van der Waals surface area contributed by atoms with Gasteiger partial charge in [-0.1, -0.05) is 45.5 Å². The van der Waals surface area contributed by atoms with Gasteiger partial charge in [0.05, 0.1) is 17.7 Å². The van der Waals surface area contributed by atoms with Crippen molar-refractivity contribution in [3.8, 4) is 0 Å². The van der Waals surface area contributed by atoms with Crippen molar-refractivity contribution in [2.24, 2.45) is 0 Å². The van der Waals surface area contributed by atoms with Crippen molar-refractivity contribution >= 4 is 50.1 Å². The third kappa shape index (κ3) is 3.38. The largest absolute Gasteiger partial charge is 0.296 e. The number of carbonyl (C=O) groups excluding carboxylic acids is 3. The average Bonchev–Trinajstić information content (AvgIpc) is 3.20. The fourth-order valence-corrected chi connectivity index (χ4v) is 3.81. The zero-order chi connectivity index (χ0) is 19.0. The molecule has 27 heavy (non-hydrogen) atoms. The van der Waals surface area contributed by atoms with E-state index in [-0.39, 0.29) is 24.3 Å². The summed E-state index contributed by atoms with van der Waals surface area (Å²) >= 11 is 4.44. The van der Waals surface area contributed by atoms with Crippen LogP contribution in [-0.2, 0) is 6.54 Å². The maximum absolute atomic E-state index is 12.4. The molecule has 134 valence electrons. The normalized spacial score (nSPS) is 13.0. The van der Waals surface area contributed by atoms with Gasteiger partial charge in [0.1, 0.15) is 5.01 Å². The predicted molar refractivity (Wildman–Crippen MR) is 103 cm³/mol. The lowest BCUT2D eigenvalue weighted by atomic mass is 10.1. The lowest BCUT2D eigenvalue weighted by Crippen LogP contribution is -2.29. The number of imide groups is 1. The number of benzene rings is 2. The van der Waals surface area contributed by atoms with Gasteiger partial charge in [0, 0.05) is 10.0 Å². The van der Waals surface area contributed by atoms with E-state index in [9.17, 15) is 14.4 Å². The van der Waals surface area contributed by atoms with E-state index in [0.29, 0.717) is 26.8 Å². The number of anilines is 1. The Hall–Kier alpha value is -2.91. The summed E-state index contributed by atoms with van der Waals surface area (Å²) in [5.74, 6) is -1.03. The summed E-state index contributed by atoms with van der Waals surface area (Å²) in [6.07, 6.45) is 0. The molecule has 2 heterocycles. The van der Waals surface area contributed by atoms with Crippen molar-refractivity contribution in [3.63, 3.8) is 0 Å². The molecule has 0 fully saturated rings. The van der Waals surface area contributed by atoms with Gasteiger partial charge in [0.25, 0.3) is 17.7 Å². The smallest absolute Gasteiger partial charge is 0.261 e. The van der Waals surface area contributed by atoms with Gasteiger partial charge >= 0.3 is 0 Å². The molecule has 0 bridgehead atoms. The number of aromatic nitrogens is 2. The van der Waals surface area contributed by atoms with Gasteiger partial charge < -0.3 is 0 Å². The van der Waals surface area contributed by atoms with Gasteiger partial charge in [-0.05, 0) is 30.3 Å². The fourth-order valence-electron chi connectivity index (χ4n) is 2.69. The van der Waals surface area contributed by atoms with Crippen LogP contribution < -0.4 is 5.32 Å². The molecule has 1 N–H and O–H groups in total. The zero-order valence-electron chi connectivity index (χ0n) is 13.7. The van der Waals surface area contributed by atoms with Crippen molar-refractivity contribution in [2.45, 2.75) is 6.54 Å². The first kappa shape index (κ1) is 17.5. The van der Waals surface area contributed by atoms with E-state index < -0.39 is 0 Å². The SMILES string of the molecule is O=C(Nc1nnc(CN2C(=O)c3ccccc3C2=O)s1)c1cccc(Br)c1. The van der Waals surface area contributed by atoms with Crippen LogP contribution in [-0.4, -0.2) is 32.8 Å². The number of carbonyl (C=O) groups is 3. The molecular formula is C18H11BrN4O3S. The maximum atomic E-state index is 12.4. The van der Waals surface area contributed by atoms with E-state index in [1.54, 1.807) is 42.5 Å². The summed E-state index contributed by atoms with van der Waals surface area (Å²) in [4.78, 5) is 38.2. The van der Waals surface area contributed by atoms with E-state index in [1.807, 2.05) is 6.07 Å². The molecule has 0 saturated carbocycles. The molecule has 0 radical (unpaired) electrons. The van der Waals surface area contributed by atoms with E-state index in [2.05, 4.69) is 31.4 Å². The summed E-state index contributed by atoms with van der Waals surface area (Å²) in [5, 5.41) is 11.3. The Morgan fingerprint density at radius 1 is 1.04 bits per heavy atom. The predicted octanol–water partition coefficient (Wildman–Crippen LogP) is 3.35. The highest BCUT2D eigenvalue weighted by atomic mass is 79.9. The Bertz CT molecular complexity index is 1050. The number of amides is 3. The van der Waals surface area contributed by atoms with Crippen LogP contribution in [0, 0.1) is 0 Å². The molecule has 3 amide bonds. The quantitative estimate of drug-likeness (QED) is 0.625. The minimum Gasteiger partial charge on any atom is -0.296 e. The minimum absolute atomic E-state index is 0.0107. The number of rotatable bonds is 4. The van der Waals surface area contributed by atoms with Crippen molar-refractivity contribution in [3.05, 3.63) is 74.7 Å². The van der Waals surface area contributed by atoms with Crippen LogP contribution in [0.25, 0.3) is 0 Å². The number of hydrogen-bond donors (Lipinski definition) is 1. The fraction of sp³-hybridized carbons (Fsp3) is 0.0556. The van der Waals surface area contributed by atoms with Gasteiger partial charge in [0.15, 0.2) is 0 Å². The molecule has 1 aliphatic heterocycles. The lowest BCUT2D eigenvalue weighted by Gasteiger charge is -2.10. The maximum Gasteiger partial charge on any atom is 0.261 e. The summed E-state index contributed by atoms with van der Waals surface area (Å²) < 4.78 is 0.790. The molecule has 1 aliphatic rings. The van der Waals surface area contributed by atoms with E-state index in [1.165, 1.54) is 0 Å². The van der Waals surface area contributed by atoms with Crippen molar-refractivity contribution < 1.29 is 14.4 Å². The molecule has 2 aromatic carbocycles. The Kier molecular flexibility index (Phi) is 4.54. The van der Waals surface area contributed by atoms with E-state index in [4.69, 9.17) is 0 Å². The second-order valence-corrected chi connectivity index (χ2v) is 7.69. The number of halogens is 1. The van der Waals surface area contributed by atoms with E-state index >= 15 is 0 Å². The third-order valence-corrected chi connectivity index (χ3v) is 5.26. The summed E-state index contributed by atoms with van der Waals surface area (Å²) in [5.41, 5.74) is 1.24. The Morgan fingerprint density at radius 3 is 2.41 bits per heavy atom. The number of nitrogens with zero attached hydrogens (tertiary/aromatic N) is 3. The molecule has 0 saturated heterocycles. The number of fused-ring (bicyclic) bond motifs is 1. The lowest BCUT2D eigenvalue weighted by molar-refractivity contribution is 0.0641. The summed E-state index contributed by atoms with van der Waals surface area (Å²) in [6.45, 7) is 0.0107. The van der Waals surface area contributed by atoms with Crippen LogP contribution in [0.5, 0.6) is 0 Å². The summed E-state index contributed by atoms with van der Waals surface area (Å²) in [6, 6.07) is 13.6. The zero-order valence-corrected chi connectivity index (χ0v) is 16.1. The number of hydrogen-bond acceptors (Lipinski definition) is 6. The second-order valence-electron chi connectivity index (χ2n) is 5.71. The first-order valence-electron chi connectivity index (χ1n) is 7.87. The highest BCUT2D eigenvalue weighted by Gasteiger charge is 2.35. The molecule has 0 unspecified atom stereocenters. The summed E-state index contributed by atoms with van der Waals surface area (Å²) in [7, 11) is 0. The first-order valence-corrected chi connectivity index (χ1v) is 9.48. The van der Waals surface area contributed by atoms with Crippen molar-refractivity contribution in [1.29, 1.82) is 0 Å². The molecular weight excluding hydrogens is 432 g/mol. The van der Waals surface area contributed by atoms with Crippen molar-refractivity contribution in [1.82, 2.24) is 15.1 Å². The van der Waals surface area contributed by atoms with Gasteiger partial charge in [-0.2, -0.15) is 0 Å². The van der Waals surface area contributed by atoms with Crippen LogP contribution in [0.1, 0.15) is 36.1 Å². The molecule has 1 aromatic heterocycles. The molecule has 0 atom stereocenters. The Balaban J connectivity index is 1.47. The Morgan fingerprint density at radius 2 is 1.74 bits per heavy atom.